The molecule has 1 aliphatic heterocycles. The maximum absolute atomic E-state index is 12.9. The Bertz CT molecular complexity index is 686. The Labute approximate surface area is 142 Å². The maximum atomic E-state index is 12.9. The molecule has 0 spiro atoms. The molecule has 0 bridgehead atoms. The topological polar surface area (TPSA) is 54.5 Å². The molecule has 1 aliphatic rings. The van der Waals surface area contributed by atoms with Crippen LogP contribution in [0, 0.1) is 0 Å². The normalized spacial score (nSPS) is 17.3. The first-order valence-electron chi connectivity index (χ1n) is 8.05. The number of rotatable bonds is 5. The molecular formula is C19H21N3O2. The molecule has 1 amide bonds. The van der Waals surface area contributed by atoms with E-state index < -0.39 is 0 Å². The molecule has 5 nitrogen and oxygen atoms in total. The van der Waals surface area contributed by atoms with E-state index in [1.54, 1.807) is 12.3 Å². The van der Waals surface area contributed by atoms with Crippen molar-refractivity contribution in [1.29, 1.82) is 0 Å². The van der Waals surface area contributed by atoms with E-state index in [0.717, 1.165) is 24.4 Å². The van der Waals surface area contributed by atoms with Crippen LogP contribution < -0.4 is 10.1 Å². The zero-order valence-corrected chi connectivity index (χ0v) is 13.5. The number of hydrogen-bond donors (Lipinski definition) is 1. The summed E-state index contributed by atoms with van der Waals surface area (Å²) in [5, 5.41) is 3.35. The summed E-state index contributed by atoms with van der Waals surface area (Å²) in [5.41, 5.74) is 1.71. The largest absolute Gasteiger partial charge is 0.490 e. The minimum Gasteiger partial charge on any atom is -0.490 e. The molecule has 2 aromatic rings. The standard InChI is InChI=1S/C19H21N3O2/c1-2-12-24-17-7-5-15(6-8-17)19(23)22-11-10-21-14-18(22)16-4-3-9-20-13-16/h2-9,13,18,21H,1,10-12,14H2. The van der Waals surface area contributed by atoms with E-state index in [1.165, 1.54) is 0 Å². The number of nitrogens with one attached hydrogen (secondary N) is 1. The molecule has 0 aliphatic carbocycles. The van der Waals surface area contributed by atoms with E-state index in [0.29, 0.717) is 18.7 Å². The van der Waals surface area contributed by atoms with Gasteiger partial charge in [-0.15, -0.1) is 0 Å². The van der Waals surface area contributed by atoms with E-state index in [4.69, 9.17) is 4.74 Å². The Hall–Kier alpha value is -2.66. The van der Waals surface area contributed by atoms with Crippen LogP contribution >= 0.6 is 0 Å². The molecule has 5 heteroatoms. The fraction of sp³-hybridized carbons (Fsp3) is 0.263. The van der Waals surface area contributed by atoms with Gasteiger partial charge in [-0.05, 0) is 35.9 Å². The second-order valence-corrected chi connectivity index (χ2v) is 5.63. The van der Waals surface area contributed by atoms with Crippen molar-refractivity contribution < 1.29 is 9.53 Å². The van der Waals surface area contributed by atoms with Gasteiger partial charge in [0.15, 0.2) is 0 Å². The lowest BCUT2D eigenvalue weighted by Crippen LogP contribution is -2.48. The summed E-state index contributed by atoms with van der Waals surface area (Å²) in [6, 6.07) is 11.2. The fourth-order valence-corrected chi connectivity index (χ4v) is 2.83. The number of hydrogen-bond acceptors (Lipinski definition) is 4. The van der Waals surface area contributed by atoms with Crippen LogP contribution in [-0.2, 0) is 0 Å². The van der Waals surface area contributed by atoms with Gasteiger partial charge in [-0.25, -0.2) is 0 Å². The summed E-state index contributed by atoms with van der Waals surface area (Å²) >= 11 is 0. The van der Waals surface area contributed by atoms with Gasteiger partial charge < -0.3 is 15.0 Å². The van der Waals surface area contributed by atoms with Gasteiger partial charge in [-0.3, -0.25) is 9.78 Å². The Morgan fingerprint density at radius 3 is 2.92 bits per heavy atom. The zero-order chi connectivity index (χ0) is 16.8. The molecule has 1 N–H and O–H groups in total. The number of aromatic nitrogens is 1. The number of carbonyl (C=O) groups excluding carboxylic acids is 1. The first-order chi connectivity index (χ1) is 11.8. The summed E-state index contributed by atoms with van der Waals surface area (Å²) in [5.74, 6) is 0.760. The van der Waals surface area contributed by atoms with Crippen molar-refractivity contribution in [3.05, 3.63) is 72.6 Å². The lowest BCUT2D eigenvalue weighted by atomic mass is 10.0. The Kier molecular flexibility index (Phi) is 5.23. The molecule has 2 heterocycles. The lowest BCUT2D eigenvalue weighted by Gasteiger charge is -2.36. The number of pyridine rings is 1. The highest BCUT2D eigenvalue weighted by Crippen LogP contribution is 2.24. The van der Waals surface area contributed by atoms with E-state index in [2.05, 4.69) is 16.9 Å². The highest BCUT2D eigenvalue weighted by molar-refractivity contribution is 5.94. The van der Waals surface area contributed by atoms with Crippen molar-refractivity contribution in [1.82, 2.24) is 15.2 Å². The first-order valence-corrected chi connectivity index (χ1v) is 8.05. The molecule has 1 fully saturated rings. The Morgan fingerprint density at radius 1 is 1.38 bits per heavy atom. The number of benzene rings is 1. The number of carbonyl (C=O) groups is 1. The van der Waals surface area contributed by atoms with Gasteiger partial charge in [0.1, 0.15) is 12.4 Å². The Morgan fingerprint density at radius 2 is 2.21 bits per heavy atom. The third-order valence-corrected chi connectivity index (χ3v) is 4.04. The van der Waals surface area contributed by atoms with Gasteiger partial charge in [-0.1, -0.05) is 18.7 Å². The lowest BCUT2D eigenvalue weighted by molar-refractivity contribution is 0.0634. The number of ether oxygens (including phenoxy) is 1. The van der Waals surface area contributed by atoms with Crippen LogP contribution in [0.2, 0.25) is 0 Å². The van der Waals surface area contributed by atoms with E-state index >= 15 is 0 Å². The highest BCUT2D eigenvalue weighted by atomic mass is 16.5. The van der Waals surface area contributed by atoms with Gasteiger partial charge in [0.25, 0.3) is 5.91 Å². The summed E-state index contributed by atoms with van der Waals surface area (Å²) < 4.78 is 5.46. The average Bonchev–Trinajstić information content (AvgIpc) is 2.67. The van der Waals surface area contributed by atoms with Gasteiger partial charge >= 0.3 is 0 Å². The predicted octanol–water partition coefficient (Wildman–Crippen LogP) is 2.43. The number of amides is 1. The molecule has 3 rings (SSSR count). The first kappa shape index (κ1) is 16.2. The zero-order valence-electron chi connectivity index (χ0n) is 13.5. The predicted molar refractivity (Wildman–Crippen MR) is 93.0 cm³/mol. The SMILES string of the molecule is C=CCOc1ccc(C(=O)N2CCNCC2c2cccnc2)cc1. The van der Waals surface area contributed by atoms with E-state index in [9.17, 15) is 4.79 Å². The van der Waals surface area contributed by atoms with Gasteiger partial charge in [-0.2, -0.15) is 0 Å². The van der Waals surface area contributed by atoms with Gasteiger partial charge in [0.2, 0.25) is 0 Å². The molecule has 0 saturated carbocycles. The van der Waals surface area contributed by atoms with Crippen molar-refractivity contribution >= 4 is 5.91 Å². The van der Waals surface area contributed by atoms with Crippen LogP contribution in [0.25, 0.3) is 0 Å². The monoisotopic (exact) mass is 323 g/mol. The molecule has 1 aromatic heterocycles. The van der Waals surface area contributed by atoms with Crippen LogP contribution in [0.15, 0.2) is 61.4 Å². The summed E-state index contributed by atoms with van der Waals surface area (Å²) in [6.45, 7) is 6.28. The molecule has 124 valence electrons. The summed E-state index contributed by atoms with van der Waals surface area (Å²) in [6.07, 6.45) is 5.26. The van der Waals surface area contributed by atoms with Crippen LogP contribution in [-0.4, -0.2) is 42.0 Å². The van der Waals surface area contributed by atoms with Crippen LogP contribution in [0.3, 0.4) is 0 Å². The maximum Gasteiger partial charge on any atom is 0.254 e. The van der Waals surface area contributed by atoms with Crippen molar-refractivity contribution in [2.24, 2.45) is 0 Å². The quantitative estimate of drug-likeness (QED) is 0.859. The second-order valence-electron chi connectivity index (χ2n) is 5.63. The van der Waals surface area contributed by atoms with Crippen molar-refractivity contribution in [3.63, 3.8) is 0 Å². The highest BCUT2D eigenvalue weighted by Gasteiger charge is 2.28. The van der Waals surface area contributed by atoms with Gasteiger partial charge in [0.05, 0.1) is 6.04 Å². The molecule has 1 unspecified atom stereocenters. The second kappa shape index (κ2) is 7.75. The van der Waals surface area contributed by atoms with Gasteiger partial charge in [0, 0.05) is 37.6 Å². The third kappa shape index (κ3) is 3.63. The summed E-state index contributed by atoms with van der Waals surface area (Å²) in [4.78, 5) is 19.0. The van der Waals surface area contributed by atoms with Crippen molar-refractivity contribution in [2.45, 2.75) is 6.04 Å². The molecular weight excluding hydrogens is 302 g/mol. The van der Waals surface area contributed by atoms with Crippen LogP contribution in [0.4, 0.5) is 0 Å². The fourth-order valence-electron chi connectivity index (χ4n) is 2.83. The van der Waals surface area contributed by atoms with E-state index in [1.807, 2.05) is 47.5 Å². The molecule has 1 saturated heterocycles. The average molecular weight is 323 g/mol. The minimum atomic E-state index is -0.00311. The third-order valence-electron chi connectivity index (χ3n) is 4.04. The smallest absolute Gasteiger partial charge is 0.254 e. The Balaban J connectivity index is 1.77. The number of piperazine rings is 1. The van der Waals surface area contributed by atoms with E-state index in [-0.39, 0.29) is 11.9 Å². The van der Waals surface area contributed by atoms with Crippen molar-refractivity contribution in [2.75, 3.05) is 26.2 Å². The molecule has 1 aromatic carbocycles. The van der Waals surface area contributed by atoms with Crippen molar-refractivity contribution in [3.8, 4) is 5.75 Å². The minimum absolute atomic E-state index is 0.00311. The van der Waals surface area contributed by atoms with Crippen LogP contribution in [0.1, 0.15) is 22.0 Å². The molecule has 1 atom stereocenters. The molecule has 24 heavy (non-hydrogen) atoms. The number of nitrogens with zero attached hydrogens (tertiary/aromatic N) is 2. The van der Waals surface area contributed by atoms with Crippen LogP contribution in [0.5, 0.6) is 5.75 Å². The molecule has 0 radical (unpaired) electrons. The summed E-state index contributed by atoms with van der Waals surface area (Å²) in [7, 11) is 0.